The van der Waals surface area contributed by atoms with Crippen LogP contribution in [0.25, 0.3) is 27.8 Å². The number of benzene rings is 3. The number of pyridine rings is 1. The lowest BCUT2D eigenvalue weighted by Crippen LogP contribution is -2.52. The number of fused-ring (bicyclic) bond motifs is 3. The number of nitrogens with one attached hydrogen (secondary N) is 1. The lowest BCUT2D eigenvalue weighted by molar-refractivity contribution is -0.131. The molecule has 1 N–H and O–H groups in total. The predicted octanol–water partition coefficient (Wildman–Crippen LogP) is 6.66. The largest absolute Gasteiger partial charge is 0.348 e. The Morgan fingerprint density at radius 3 is 2.51 bits per heavy atom. The SMILES string of the molecule is Cc1ccn(-c2ccc(C(=O)N[C@@H]3CCC(F)(F)CC3C(=O)N3CCc4c(-c5ccccc5)nc5ccc(F)cc5c43)cc2)n1. The minimum Gasteiger partial charge on any atom is -0.348 e. The first-order chi connectivity index (χ1) is 21.7. The number of anilines is 1. The van der Waals surface area contributed by atoms with Crippen molar-refractivity contribution in [3.63, 3.8) is 0 Å². The van der Waals surface area contributed by atoms with Gasteiger partial charge in [0.2, 0.25) is 11.8 Å². The number of carbonyl (C=O) groups is 2. The maximum atomic E-state index is 14.9. The van der Waals surface area contributed by atoms with E-state index in [9.17, 15) is 22.8 Å². The third-order valence-corrected chi connectivity index (χ3v) is 8.76. The Morgan fingerprint density at radius 1 is 1.00 bits per heavy atom. The molecule has 0 radical (unpaired) electrons. The van der Waals surface area contributed by atoms with E-state index in [-0.39, 0.29) is 13.0 Å². The second-order valence-electron chi connectivity index (χ2n) is 11.8. The monoisotopic (exact) mass is 609 g/mol. The second-order valence-corrected chi connectivity index (χ2v) is 11.8. The van der Waals surface area contributed by atoms with Gasteiger partial charge in [0.25, 0.3) is 5.91 Å². The summed E-state index contributed by atoms with van der Waals surface area (Å²) in [6, 6.07) is 21.6. The molecule has 45 heavy (non-hydrogen) atoms. The minimum absolute atomic E-state index is 0.0541. The Kier molecular flexibility index (Phi) is 7.14. The first-order valence-electron chi connectivity index (χ1n) is 15.0. The van der Waals surface area contributed by atoms with Gasteiger partial charge in [-0.2, -0.15) is 5.10 Å². The Bertz CT molecular complexity index is 1920. The summed E-state index contributed by atoms with van der Waals surface area (Å²) >= 11 is 0. The van der Waals surface area contributed by atoms with Crippen LogP contribution in [-0.4, -0.2) is 45.1 Å². The molecule has 5 aromatic rings. The fourth-order valence-electron chi connectivity index (χ4n) is 6.54. The Labute approximate surface area is 257 Å². The lowest BCUT2D eigenvalue weighted by Gasteiger charge is -2.37. The van der Waals surface area contributed by atoms with Crippen molar-refractivity contribution in [3.8, 4) is 16.9 Å². The van der Waals surface area contributed by atoms with Crippen molar-refractivity contribution < 1.29 is 22.8 Å². The number of aromatic nitrogens is 3. The summed E-state index contributed by atoms with van der Waals surface area (Å²) in [5, 5.41) is 7.70. The van der Waals surface area contributed by atoms with E-state index in [4.69, 9.17) is 4.98 Å². The Balaban J connectivity index is 1.20. The zero-order valence-corrected chi connectivity index (χ0v) is 24.5. The predicted molar refractivity (Wildman–Crippen MR) is 165 cm³/mol. The fourth-order valence-corrected chi connectivity index (χ4v) is 6.54. The molecule has 1 aliphatic carbocycles. The molecule has 1 fully saturated rings. The molecule has 10 heteroatoms. The number of carbonyl (C=O) groups excluding carboxylic acids is 2. The maximum absolute atomic E-state index is 14.9. The number of halogens is 3. The molecule has 228 valence electrons. The number of alkyl halides is 2. The normalized spacial score (nSPS) is 19.0. The van der Waals surface area contributed by atoms with Crippen LogP contribution >= 0.6 is 0 Å². The highest BCUT2D eigenvalue weighted by molar-refractivity contribution is 6.08. The van der Waals surface area contributed by atoms with E-state index < -0.39 is 48.4 Å². The van der Waals surface area contributed by atoms with E-state index in [0.717, 1.165) is 22.5 Å². The fraction of sp³-hybridized carbons (Fsp3) is 0.257. The van der Waals surface area contributed by atoms with Gasteiger partial charge in [-0.25, -0.2) is 22.8 Å². The third-order valence-electron chi connectivity index (χ3n) is 8.76. The molecule has 1 unspecified atom stereocenters. The summed E-state index contributed by atoms with van der Waals surface area (Å²) in [5.74, 6) is -5.68. The van der Waals surface area contributed by atoms with Crippen LogP contribution < -0.4 is 10.2 Å². The van der Waals surface area contributed by atoms with Crippen LogP contribution in [0.15, 0.2) is 85.1 Å². The zero-order chi connectivity index (χ0) is 31.3. The Hall–Kier alpha value is -4.99. The summed E-state index contributed by atoms with van der Waals surface area (Å²) in [4.78, 5) is 33.9. The van der Waals surface area contributed by atoms with E-state index in [1.165, 1.54) is 17.0 Å². The van der Waals surface area contributed by atoms with Crippen molar-refractivity contribution in [3.05, 3.63) is 108 Å². The highest BCUT2D eigenvalue weighted by Crippen LogP contribution is 2.44. The zero-order valence-electron chi connectivity index (χ0n) is 24.5. The summed E-state index contributed by atoms with van der Waals surface area (Å²) < 4.78 is 46.0. The summed E-state index contributed by atoms with van der Waals surface area (Å²) in [7, 11) is 0. The number of rotatable bonds is 5. The number of amides is 2. The second kappa shape index (κ2) is 11.2. The quantitative estimate of drug-likeness (QED) is 0.242. The van der Waals surface area contributed by atoms with Crippen LogP contribution in [0.3, 0.4) is 0 Å². The van der Waals surface area contributed by atoms with Crippen LogP contribution in [0, 0.1) is 18.7 Å². The Morgan fingerprint density at radius 2 is 1.78 bits per heavy atom. The summed E-state index contributed by atoms with van der Waals surface area (Å²) in [6.07, 6.45) is 1.07. The van der Waals surface area contributed by atoms with Gasteiger partial charge in [-0.1, -0.05) is 30.3 Å². The molecule has 0 bridgehead atoms. The lowest BCUT2D eigenvalue weighted by atomic mass is 9.81. The van der Waals surface area contributed by atoms with Gasteiger partial charge in [0.1, 0.15) is 5.82 Å². The van der Waals surface area contributed by atoms with Crippen LogP contribution in [-0.2, 0) is 11.2 Å². The van der Waals surface area contributed by atoms with Gasteiger partial charge >= 0.3 is 0 Å². The molecule has 2 aromatic heterocycles. The molecule has 2 atom stereocenters. The molecular formula is C35H30F3N5O2. The van der Waals surface area contributed by atoms with E-state index in [1.54, 1.807) is 35.0 Å². The van der Waals surface area contributed by atoms with Gasteiger partial charge in [-0.3, -0.25) is 9.59 Å². The van der Waals surface area contributed by atoms with Crippen LogP contribution in [0.2, 0.25) is 0 Å². The highest BCUT2D eigenvalue weighted by atomic mass is 19.3. The average molecular weight is 610 g/mol. The molecule has 0 spiro atoms. The van der Waals surface area contributed by atoms with Gasteiger partial charge < -0.3 is 10.2 Å². The van der Waals surface area contributed by atoms with E-state index >= 15 is 0 Å². The van der Waals surface area contributed by atoms with Crippen molar-refractivity contribution >= 4 is 28.4 Å². The average Bonchev–Trinajstić information content (AvgIpc) is 3.69. The molecule has 2 aliphatic rings. The van der Waals surface area contributed by atoms with E-state index in [1.807, 2.05) is 49.5 Å². The number of hydrogen-bond donors (Lipinski definition) is 1. The van der Waals surface area contributed by atoms with Crippen LogP contribution in [0.4, 0.5) is 18.9 Å². The molecule has 7 nitrogen and oxygen atoms in total. The number of hydrogen-bond acceptors (Lipinski definition) is 4. The van der Waals surface area contributed by atoms with Crippen molar-refractivity contribution in [2.75, 3.05) is 11.4 Å². The number of nitrogens with zero attached hydrogens (tertiary/aromatic N) is 4. The van der Waals surface area contributed by atoms with Crippen LogP contribution in [0.5, 0.6) is 0 Å². The van der Waals surface area contributed by atoms with Gasteiger partial charge in [-0.15, -0.1) is 0 Å². The topological polar surface area (TPSA) is 80.1 Å². The molecule has 1 saturated carbocycles. The molecule has 7 rings (SSSR count). The minimum atomic E-state index is -3.06. The van der Waals surface area contributed by atoms with Crippen molar-refractivity contribution in [1.82, 2.24) is 20.1 Å². The van der Waals surface area contributed by atoms with E-state index in [2.05, 4.69) is 10.4 Å². The number of aryl methyl sites for hydroxylation is 1. The molecule has 0 saturated heterocycles. The van der Waals surface area contributed by atoms with Crippen LogP contribution in [0.1, 0.15) is 40.9 Å². The first-order valence-corrected chi connectivity index (χ1v) is 15.0. The van der Waals surface area contributed by atoms with E-state index in [0.29, 0.717) is 34.3 Å². The molecular weight excluding hydrogens is 579 g/mol. The van der Waals surface area contributed by atoms with Crippen molar-refractivity contribution in [1.29, 1.82) is 0 Å². The molecule has 3 aromatic carbocycles. The smallest absolute Gasteiger partial charge is 0.251 e. The van der Waals surface area contributed by atoms with Gasteiger partial charge in [0, 0.05) is 53.7 Å². The highest BCUT2D eigenvalue weighted by Gasteiger charge is 2.47. The molecule has 3 heterocycles. The third kappa shape index (κ3) is 5.45. The van der Waals surface area contributed by atoms with Crippen molar-refractivity contribution in [2.24, 2.45) is 5.92 Å². The first kappa shape index (κ1) is 28.8. The molecule has 2 amide bonds. The molecule has 1 aliphatic heterocycles. The summed E-state index contributed by atoms with van der Waals surface area (Å²) in [5.41, 5.74) is 5.25. The van der Waals surface area contributed by atoms with Gasteiger partial charge in [-0.05, 0) is 68.3 Å². The van der Waals surface area contributed by atoms with Gasteiger partial charge in [0.05, 0.1) is 34.2 Å². The maximum Gasteiger partial charge on any atom is 0.251 e. The summed E-state index contributed by atoms with van der Waals surface area (Å²) in [6.45, 7) is 2.12. The van der Waals surface area contributed by atoms with Gasteiger partial charge in [0.15, 0.2) is 0 Å². The standard InChI is InChI=1S/C35H30F3N5O2/c1-21-14-18-43(41-21)25-10-7-23(8-11-25)33(44)40-30-13-16-35(37,38)20-28(30)34(45)42-17-15-26-31(22-5-3-2-4-6-22)39-29-12-9-24(36)19-27(29)32(26)42/h2-12,14,18-19,28,30H,13,15-17,20H2,1H3,(H,40,44)/t28?,30-/m1/s1. The van der Waals surface area contributed by atoms with Crippen molar-refractivity contribution in [2.45, 2.75) is 44.6 Å².